The van der Waals surface area contributed by atoms with Crippen LogP contribution in [0.5, 0.6) is 11.6 Å². The van der Waals surface area contributed by atoms with Gasteiger partial charge in [-0.15, -0.1) is 0 Å². The minimum Gasteiger partial charge on any atom is -0.481 e. The zero-order chi connectivity index (χ0) is 16.1. The first kappa shape index (κ1) is 15.2. The standard InChI is InChI=1S/C16H16FN3O3/c17-13-3-1-2-4-14(13)22-11-16(21)20-8-5-12(10-20)23-15-9-18-6-7-19-15/h1-4,6-7,9,12H,5,8,10-11H2. The van der Waals surface area contributed by atoms with Gasteiger partial charge in [-0.25, -0.2) is 9.37 Å². The SMILES string of the molecule is O=C(COc1ccccc1F)N1CCC(Oc2cnccn2)C1. The van der Waals surface area contributed by atoms with Gasteiger partial charge in [-0.2, -0.15) is 0 Å². The molecule has 1 aliphatic rings. The Morgan fingerprint density at radius 3 is 3.00 bits per heavy atom. The second-order valence-corrected chi connectivity index (χ2v) is 5.13. The topological polar surface area (TPSA) is 64.5 Å². The van der Waals surface area contributed by atoms with Gasteiger partial charge < -0.3 is 14.4 Å². The predicted molar refractivity (Wildman–Crippen MR) is 79.5 cm³/mol. The Labute approximate surface area is 132 Å². The van der Waals surface area contributed by atoms with Crippen LogP contribution in [0.15, 0.2) is 42.9 Å². The molecule has 2 heterocycles. The molecule has 1 amide bonds. The Morgan fingerprint density at radius 1 is 1.35 bits per heavy atom. The van der Waals surface area contributed by atoms with E-state index in [1.165, 1.54) is 18.3 Å². The number of hydrogen-bond acceptors (Lipinski definition) is 5. The fraction of sp³-hybridized carbons (Fsp3) is 0.312. The highest BCUT2D eigenvalue weighted by Gasteiger charge is 2.28. The number of halogens is 1. The summed E-state index contributed by atoms with van der Waals surface area (Å²) in [7, 11) is 0. The molecule has 0 spiro atoms. The average Bonchev–Trinajstić information content (AvgIpc) is 3.03. The van der Waals surface area contributed by atoms with E-state index in [0.717, 1.165) is 0 Å². The molecule has 1 aromatic carbocycles. The number of likely N-dealkylation sites (tertiary alicyclic amines) is 1. The van der Waals surface area contributed by atoms with Gasteiger partial charge in [0.25, 0.3) is 5.91 Å². The minimum atomic E-state index is -0.481. The quantitative estimate of drug-likeness (QED) is 0.839. The zero-order valence-corrected chi connectivity index (χ0v) is 12.4. The highest BCUT2D eigenvalue weighted by Crippen LogP contribution is 2.18. The fourth-order valence-corrected chi connectivity index (χ4v) is 2.36. The third-order valence-electron chi connectivity index (χ3n) is 3.51. The maximum atomic E-state index is 13.4. The van der Waals surface area contributed by atoms with E-state index in [1.807, 2.05) is 0 Å². The van der Waals surface area contributed by atoms with Crippen LogP contribution in [0.4, 0.5) is 4.39 Å². The van der Waals surface area contributed by atoms with Crippen LogP contribution in [-0.2, 0) is 4.79 Å². The van der Waals surface area contributed by atoms with Gasteiger partial charge in [-0.3, -0.25) is 9.78 Å². The lowest BCUT2D eigenvalue weighted by Gasteiger charge is -2.17. The number of amides is 1. The minimum absolute atomic E-state index is 0.0763. The Bertz CT molecular complexity index is 669. The molecule has 1 aliphatic heterocycles. The first-order valence-electron chi connectivity index (χ1n) is 7.30. The molecule has 0 bridgehead atoms. The molecule has 0 saturated carbocycles. The van der Waals surface area contributed by atoms with E-state index in [-0.39, 0.29) is 24.4 Å². The average molecular weight is 317 g/mol. The van der Waals surface area contributed by atoms with Gasteiger partial charge in [-0.1, -0.05) is 12.1 Å². The van der Waals surface area contributed by atoms with Crippen molar-refractivity contribution in [3.05, 3.63) is 48.7 Å². The number of rotatable bonds is 5. The van der Waals surface area contributed by atoms with Crippen LogP contribution in [0, 0.1) is 5.82 Å². The normalized spacial score (nSPS) is 17.1. The lowest BCUT2D eigenvalue weighted by atomic mass is 10.3. The van der Waals surface area contributed by atoms with Crippen LogP contribution < -0.4 is 9.47 Å². The molecule has 23 heavy (non-hydrogen) atoms. The largest absolute Gasteiger partial charge is 0.481 e. The summed E-state index contributed by atoms with van der Waals surface area (Å²) in [4.78, 5) is 21.7. The molecular weight excluding hydrogens is 301 g/mol. The molecule has 7 heteroatoms. The predicted octanol–water partition coefficient (Wildman–Crippen LogP) is 1.67. The highest BCUT2D eigenvalue weighted by molar-refractivity contribution is 5.78. The summed E-state index contributed by atoms with van der Waals surface area (Å²) in [6.07, 6.45) is 5.24. The summed E-state index contributed by atoms with van der Waals surface area (Å²) in [5.74, 6) is -0.161. The van der Waals surface area contributed by atoms with E-state index in [0.29, 0.717) is 25.4 Å². The Morgan fingerprint density at radius 2 is 2.22 bits per heavy atom. The van der Waals surface area contributed by atoms with Gasteiger partial charge in [0, 0.05) is 25.4 Å². The summed E-state index contributed by atoms with van der Waals surface area (Å²) in [6, 6.07) is 6.01. The zero-order valence-electron chi connectivity index (χ0n) is 12.4. The van der Waals surface area contributed by atoms with Crippen molar-refractivity contribution in [2.24, 2.45) is 0 Å². The number of aromatic nitrogens is 2. The van der Waals surface area contributed by atoms with Crippen molar-refractivity contribution in [2.75, 3.05) is 19.7 Å². The number of hydrogen-bond donors (Lipinski definition) is 0. The monoisotopic (exact) mass is 317 g/mol. The van der Waals surface area contributed by atoms with Crippen LogP contribution in [0.2, 0.25) is 0 Å². The molecule has 1 unspecified atom stereocenters. The summed E-state index contributed by atoms with van der Waals surface area (Å²) in [5, 5.41) is 0. The Hall–Kier alpha value is -2.70. The van der Waals surface area contributed by atoms with Crippen LogP contribution in [0.25, 0.3) is 0 Å². The lowest BCUT2D eigenvalue weighted by molar-refractivity contribution is -0.132. The number of ether oxygens (including phenoxy) is 2. The van der Waals surface area contributed by atoms with Crippen LogP contribution in [0.1, 0.15) is 6.42 Å². The summed E-state index contributed by atoms with van der Waals surface area (Å²) >= 11 is 0. The number of carbonyl (C=O) groups is 1. The number of carbonyl (C=O) groups excluding carboxylic acids is 1. The molecule has 0 radical (unpaired) electrons. The van der Waals surface area contributed by atoms with Crippen LogP contribution >= 0.6 is 0 Å². The Kier molecular flexibility index (Phi) is 4.65. The van der Waals surface area contributed by atoms with Crippen molar-refractivity contribution in [1.82, 2.24) is 14.9 Å². The van der Waals surface area contributed by atoms with E-state index in [4.69, 9.17) is 9.47 Å². The third-order valence-corrected chi connectivity index (χ3v) is 3.51. The van der Waals surface area contributed by atoms with Crippen LogP contribution in [0.3, 0.4) is 0 Å². The Balaban J connectivity index is 1.49. The van der Waals surface area contributed by atoms with E-state index < -0.39 is 5.82 Å². The molecule has 1 saturated heterocycles. The molecule has 1 atom stereocenters. The van der Waals surface area contributed by atoms with Gasteiger partial charge >= 0.3 is 0 Å². The van der Waals surface area contributed by atoms with E-state index in [1.54, 1.807) is 29.4 Å². The van der Waals surface area contributed by atoms with Gasteiger partial charge in [0.15, 0.2) is 18.2 Å². The van der Waals surface area contributed by atoms with E-state index >= 15 is 0 Å². The van der Waals surface area contributed by atoms with Crippen molar-refractivity contribution < 1.29 is 18.7 Å². The maximum Gasteiger partial charge on any atom is 0.260 e. The maximum absolute atomic E-state index is 13.4. The van der Waals surface area contributed by atoms with E-state index in [2.05, 4.69) is 9.97 Å². The fourth-order valence-electron chi connectivity index (χ4n) is 2.36. The van der Waals surface area contributed by atoms with Crippen molar-refractivity contribution in [3.63, 3.8) is 0 Å². The molecule has 0 N–H and O–H groups in total. The molecule has 1 aromatic heterocycles. The number of para-hydroxylation sites is 1. The number of benzene rings is 1. The van der Waals surface area contributed by atoms with Crippen molar-refractivity contribution >= 4 is 5.91 Å². The number of nitrogens with zero attached hydrogens (tertiary/aromatic N) is 3. The first-order valence-corrected chi connectivity index (χ1v) is 7.30. The summed E-state index contributed by atoms with van der Waals surface area (Å²) < 4.78 is 24.3. The smallest absolute Gasteiger partial charge is 0.260 e. The molecule has 120 valence electrons. The molecule has 1 fully saturated rings. The molecule has 3 rings (SSSR count). The lowest BCUT2D eigenvalue weighted by Crippen LogP contribution is -2.34. The van der Waals surface area contributed by atoms with Gasteiger partial charge in [-0.05, 0) is 12.1 Å². The second-order valence-electron chi connectivity index (χ2n) is 5.13. The summed E-state index contributed by atoms with van der Waals surface area (Å²) in [5.41, 5.74) is 0. The molecular formula is C16H16FN3O3. The first-order chi connectivity index (χ1) is 11.2. The highest BCUT2D eigenvalue weighted by atomic mass is 19.1. The van der Waals surface area contributed by atoms with Crippen molar-refractivity contribution in [2.45, 2.75) is 12.5 Å². The van der Waals surface area contributed by atoms with Crippen molar-refractivity contribution in [1.29, 1.82) is 0 Å². The molecule has 2 aromatic rings. The van der Waals surface area contributed by atoms with E-state index in [9.17, 15) is 9.18 Å². The summed E-state index contributed by atoms with van der Waals surface area (Å²) in [6.45, 7) is 0.833. The second kappa shape index (κ2) is 7.04. The van der Waals surface area contributed by atoms with Gasteiger partial charge in [0.2, 0.25) is 5.88 Å². The molecule has 0 aliphatic carbocycles. The van der Waals surface area contributed by atoms with Gasteiger partial charge in [0.05, 0.1) is 12.7 Å². The molecule has 6 nitrogen and oxygen atoms in total. The van der Waals surface area contributed by atoms with Crippen LogP contribution in [-0.4, -0.2) is 46.6 Å². The van der Waals surface area contributed by atoms with Gasteiger partial charge in [0.1, 0.15) is 6.10 Å². The third kappa shape index (κ3) is 3.94. The van der Waals surface area contributed by atoms with Crippen molar-refractivity contribution in [3.8, 4) is 11.6 Å².